The van der Waals surface area contributed by atoms with Crippen LogP contribution in [0.4, 0.5) is 5.69 Å². The monoisotopic (exact) mass is 328 g/mol. The maximum absolute atomic E-state index is 5.85. The molecule has 0 fully saturated rings. The summed E-state index contributed by atoms with van der Waals surface area (Å²) in [5.41, 5.74) is 8.51. The van der Waals surface area contributed by atoms with E-state index in [-0.39, 0.29) is 0 Å². The zero-order valence-corrected chi connectivity index (χ0v) is 12.3. The van der Waals surface area contributed by atoms with Crippen LogP contribution in [0.15, 0.2) is 59.2 Å². The third kappa shape index (κ3) is 2.60. The Morgan fingerprint density at radius 3 is 2.90 bits per heavy atom. The lowest BCUT2D eigenvalue weighted by atomic mass is 10.2. The number of hydrogen-bond acceptors (Lipinski definition) is 3. The fourth-order valence-corrected chi connectivity index (χ4v) is 2.39. The van der Waals surface area contributed by atoms with E-state index in [1.165, 1.54) is 0 Å². The van der Waals surface area contributed by atoms with Gasteiger partial charge in [-0.15, -0.1) is 0 Å². The first-order valence-corrected chi connectivity index (χ1v) is 7.04. The second-order valence-corrected chi connectivity index (χ2v) is 5.26. The van der Waals surface area contributed by atoms with E-state index in [0.717, 1.165) is 26.7 Å². The molecule has 100 valence electrons. The van der Waals surface area contributed by atoms with Crippen LogP contribution in [0.1, 0.15) is 5.56 Å². The van der Waals surface area contributed by atoms with Gasteiger partial charge < -0.3 is 10.5 Å². The predicted molar refractivity (Wildman–Crippen MR) is 84.6 cm³/mol. The number of hydrogen-bond donors (Lipinski definition) is 1. The lowest BCUT2D eigenvalue weighted by Gasteiger charge is -2.09. The van der Waals surface area contributed by atoms with E-state index in [0.29, 0.717) is 12.3 Å². The topological polar surface area (TPSA) is 48.1 Å². The van der Waals surface area contributed by atoms with Gasteiger partial charge >= 0.3 is 0 Å². The normalized spacial score (nSPS) is 10.7. The SMILES string of the molecule is Nc1cccc(COc2ccc3cccnc3c2)c1Br. The van der Waals surface area contributed by atoms with E-state index in [1.807, 2.05) is 48.5 Å². The molecule has 0 saturated carbocycles. The van der Waals surface area contributed by atoms with Crippen LogP contribution in [0.5, 0.6) is 5.75 Å². The largest absolute Gasteiger partial charge is 0.489 e. The van der Waals surface area contributed by atoms with Crippen LogP contribution >= 0.6 is 15.9 Å². The van der Waals surface area contributed by atoms with Crippen molar-refractivity contribution < 1.29 is 4.74 Å². The highest BCUT2D eigenvalue weighted by Crippen LogP contribution is 2.26. The fourth-order valence-electron chi connectivity index (χ4n) is 2.01. The summed E-state index contributed by atoms with van der Waals surface area (Å²) < 4.78 is 6.70. The molecule has 2 N–H and O–H groups in total. The summed E-state index contributed by atoms with van der Waals surface area (Å²) >= 11 is 3.48. The van der Waals surface area contributed by atoms with E-state index in [1.54, 1.807) is 6.20 Å². The maximum atomic E-state index is 5.85. The molecule has 1 aromatic heterocycles. The summed E-state index contributed by atoms with van der Waals surface area (Å²) in [7, 11) is 0. The quantitative estimate of drug-likeness (QED) is 0.734. The van der Waals surface area contributed by atoms with E-state index in [2.05, 4.69) is 20.9 Å². The molecule has 4 heteroatoms. The summed E-state index contributed by atoms with van der Waals surface area (Å²) in [6.45, 7) is 0.462. The van der Waals surface area contributed by atoms with E-state index in [9.17, 15) is 0 Å². The van der Waals surface area contributed by atoms with Gasteiger partial charge in [-0.25, -0.2) is 0 Å². The fraction of sp³-hybridized carbons (Fsp3) is 0.0625. The van der Waals surface area contributed by atoms with Crippen molar-refractivity contribution >= 4 is 32.5 Å². The van der Waals surface area contributed by atoms with Crippen molar-refractivity contribution in [1.29, 1.82) is 0 Å². The first-order chi connectivity index (χ1) is 9.74. The highest BCUT2D eigenvalue weighted by Gasteiger charge is 2.04. The molecule has 1 heterocycles. The minimum Gasteiger partial charge on any atom is -0.489 e. The van der Waals surface area contributed by atoms with Gasteiger partial charge in [0, 0.05) is 33.4 Å². The van der Waals surface area contributed by atoms with Crippen LogP contribution in [-0.4, -0.2) is 4.98 Å². The standard InChI is InChI=1S/C16H13BrN2O/c17-16-12(3-1-5-14(16)18)10-20-13-7-6-11-4-2-8-19-15(11)9-13/h1-9H,10,18H2. The number of rotatable bonds is 3. The molecule has 3 nitrogen and oxygen atoms in total. The lowest BCUT2D eigenvalue weighted by molar-refractivity contribution is 0.306. The highest BCUT2D eigenvalue weighted by atomic mass is 79.9. The predicted octanol–water partition coefficient (Wildman–Crippen LogP) is 4.16. The van der Waals surface area contributed by atoms with Crippen molar-refractivity contribution in [2.45, 2.75) is 6.61 Å². The Labute approximate surface area is 125 Å². The first kappa shape index (κ1) is 12.9. The molecule has 3 aromatic rings. The summed E-state index contributed by atoms with van der Waals surface area (Å²) in [5.74, 6) is 0.797. The molecular weight excluding hydrogens is 316 g/mol. The van der Waals surface area contributed by atoms with Crippen LogP contribution in [0, 0.1) is 0 Å². The molecule has 0 atom stereocenters. The maximum Gasteiger partial charge on any atom is 0.122 e. The molecule has 0 bridgehead atoms. The number of nitrogens with zero attached hydrogens (tertiary/aromatic N) is 1. The molecule has 0 aliphatic heterocycles. The van der Waals surface area contributed by atoms with Crippen LogP contribution in [0.3, 0.4) is 0 Å². The second kappa shape index (κ2) is 5.51. The number of nitrogens with two attached hydrogens (primary N) is 1. The number of halogens is 1. The van der Waals surface area contributed by atoms with E-state index >= 15 is 0 Å². The summed E-state index contributed by atoms with van der Waals surface area (Å²) in [6.07, 6.45) is 1.78. The van der Waals surface area contributed by atoms with Gasteiger partial charge in [-0.3, -0.25) is 4.98 Å². The van der Waals surface area contributed by atoms with Crippen molar-refractivity contribution in [2.75, 3.05) is 5.73 Å². The Morgan fingerprint density at radius 2 is 2.00 bits per heavy atom. The molecule has 0 aliphatic rings. The molecule has 2 aromatic carbocycles. The van der Waals surface area contributed by atoms with Gasteiger partial charge in [-0.05, 0) is 40.2 Å². The summed E-state index contributed by atoms with van der Waals surface area (Å²) in [5, 5.41) is 1.10. The van der Waals surface area contributed by atoms with E-state index < -0.39 is 0 Å². The first-order valence-electron chi connectivity index (χ1n) is 6.24. The molecule has 20 heavy (non-hydrogen) atoms. The average molecular weight is 329 g/mol. The highest BCUT2D eigenvalue weighted by molar-refractivity contribution is 9.10. The van der Waals surface area contributed by atoms with Crippen molar-refractivity contribution in [3.8, 4) is 5.75 Å². The summed E-state index contributed by atoms with van der Waals surface area (Å²) in [6, 6.07) is 15.6. The number of anilines is 1. The average Bonchev–Trinajstić information content (AvgIpc) is 2.48. The molecule has 0 radical (unpaired) electrons. The van der Waals surface area contributed by atoms with Gasteiger partial charge in [0.15, 0.2) is 0 Å². The van der Waals surface area contributed by atoms with Crippen molar-refractivity contribution in [3.05, 3.63) is 64.8 Å². The van der Waals surface area contributed by atoms with Gasteiger partial charge in [0.25, 0.3) is 0 Å². The number of benzene rings is 2. The van der Waals surface area contributed by atoms with Crippen molar-refractivity contribution in [3.63, 3.8) is 0 Å². The van der Waals surface area contributed by atoms with Crippen LogP contribution in [-0.2, 0) is 6.61 Å². The van der Waals surface area contributed by atoms with Gasteiger partial charge in [-0.1, -0.05) is 18.2 Å². The zero-order valence-electron chi connectivity index (χ0n) is 10.7. The van der Waals surface area contributed by atoms with Crippen LogP contribution in [0.25, 0.3) is 10.9 Å². The van der Waals surface area contributed by atoms with Crippen LogP contribution in [0.2, 0.25) is 0 Å². The molecule has 0 spiro atoms. The van der Waals surface area contributed by atoms with Gasteiger partial charge in [0.2, 0.25) is 0 Å². The Hall–Kier alpha value is -2.07. The number of aromatic nitrogens is 1. The van der Waals surface area contributed by atoms with Gasteiger partial charge in [-0.2, -0.15) is 0 Å². The number of ether oxygens (including phenoxy) is 1. The number of fused-ring (bicyclic) bond motifs is 1. The van der Waals surface area contributed by atoms with Crippen molar-refractivity contribution in [1.82, 2.24) is 4.98 Å². The Bertz CT molecular complexity index is 758. The smallest absolute Gasteiger partial charge is 0.122 e. The lowest BCUT2D eigenvalue weighted by Crippen LogP contribution is -1.98. The third-order valence-corrected chi connectivity index (χ3v) is 4.05. The van der Waals surface area contributed by atoms with Crippen LogP contribution < -0.4 is 10.5 Å². The van der Waals surface area contributed by atoms with Crippen molar-refractivity contribution in [2.24, 2.45) is 0 Å². The van der Waals surface area contributed by atoms with Gasteiger partial charge in [0.1, 0.15) is 12.4 Å². The Kier molecular flexibility index (Phi) is 3.56. The molecular formula is C16H13BrN2O. The molecule has 0 aliphatic carbocycles. The molecule has 0 saturated heterocycles. The zero-order chi connectivity index (χ0) is 13.9. The molecule has 0 amide bonds. The summed E-state index contributed by atoms with van der Waals surface area (Å²) in [4.78, 5) is 4.32. The molecule has 3 rings (SSSR count). The Balaban J connectivity index is 1.81. The minimum atomic E-state index is 0.462. The van der Waals surface area contributed by atoms with Gasteiger partial charge in [0.05, 0.1) is 5.52 Å². The number of nitrogen functional groups attached to an aromatic ring is 1. The Morgan fingerprint density at radius 1 is 1.10 bits per heavy atom. The molecule has 0 unspecified atom stereocenters. The van der Waals surface area contributed by atoms with E-state index in [4.69, 9.17) is 10.5 Å². The third-order valence-electron chi connectivity index (χ3n) is 3.08. The minimum absolute atomic E-state index is 0.462. The number of pyridine rings is 1. The second-order valence-electron chi connectivity index (χ2n) is 4.47.